The Hall–Kier alpha value is -0.570. The van der Waals surface area contributed by atoms with Crippen molar-refractivity contribution in [1.82, 2.24) is 4.90 Å². The smallest absolute Gasteiger partial charge is 0.239 e. The highest BCUT2D eigenvalue weighted by atomic mass is 16.2. The number of nitrogens with zero attached hydrogens (tertiary/aromatic N) is 1. The molecule has 0 bridgehead atoms. The maximum Gasteiger partial charge on any atom is 0.239 e. The molecule has 2 rings (SSSR count). The van der Waals surface area contributed by atoms with Crippen LogP contribution in [0.1, 0.15) is 58.3 Å². The van der Waals surface area contributed by atoms with Crippen LogP contribution >= 0.6 is 0 Å². The molecule has 2 aliphatic rings. The first kappa shape index (κ1) is 12.9. The quantitative estimate of drug-likeness (QED) is 0.820. The van der Waals surface area contributed by atoms with Gasteiger partial charge in [-0.25, -0.2) is 0 Å². The van der Waals surface area contributed by atoms with E-state index in [2.05, 4.69) is 6.92 Å². The van der Waals surface area contributed by atoms with Crippen LogP contribution in [0.25, 0.3) is 0 Å². The predicted molar refractivity (Wildman–Crippen MR) is 69.6 cm³/mol. The maximum atomic E-state index is 12.2. The van der Waals surface area contributed by atoms with Crippen molar-refractivity contribution in [2.24, 2.45) is 11.7 Å². The van der Waals surface area contributed by atoms with E-state index in [0.29, 0.717) is 12.0 Å². The molecular formula is C14H26N2O. The van der Waals surface area contributed by atoms with E-state index in [4.69, 9.17) is 5.73 Å². The molecule has 1 saturated carbocycles. The summed E-state index contributed by atoms with van der Waals surface area (Å²) in [5.41, 5.74) is 6.10. The molecule has 2 fully saturated rings. The van der Waals surface area contributed by atoms with Gasteiger partial charge in [0.2, 0.25) is 5.91 Å². The standard InChI is InChI=1S/C14H26N2O/c1-11-6-5-9-16(11)14(17)13(15)10-12-7-3-2-4-8-12/h11-13H,2-10,15H2,1H3/t11-,13+/m1/s1. The van der Waals surface area contributed by atoms with Gasteiger partial charge in [0.05, 0.1) is 6.04 Å². The van der Waals surface area contributed by atoms with Gasteiger partial charge in [-0.15, -0.1) is 0 Å². The Kier molecular flexibility index (Phi) is 4.43. The number of nitrogens with two attached hydrogens (primary N) is 1. The molecule has 0 aromatic rings. The topological polar surface area (TPSA) is 46.3 Å². The first-order valence-corrected chi connectivity index (χ1v) is 7.24. The summed E-state index contributed by atoms with van der Waals surface area (Å²) in [4.78, 5) is 14.2. The monoisotopic (exact) mass is 238 g/mol. The molecule has 3 heteroatoms. The van der Waals surface area contributed by atoms with Crippen LogP contribution in [-0.4, -0.2) is 29.4 Å². The van der Waals surface area contributed by atoms with Gasteiger partial charge < -0.3 is 10.6 Å². The second-order valence-corrected chi connectivity index (χ2v) is 5.87. The predicted octanol–water partition coefficient (Wildman–Crippen LogP) is 2.29. The van der Waals surface area contributed by atoms with Crippen molar-refractivity contribution in [1.29, 1.82) is 0 Å². The summed E-state index contributed by atoms with van der Waals surface area (Å²) in [6, 6.07) is 0.151. The van der Waals surface area contributed by atoms with Crippen LogP contribution in [0.3, 0.4) is 0 Å². The Labute approximate surface area is 105 Å². The zero-order valence-corrected chi connectivity index (χ0v) is 11.0. The fraction of sp³-hybridized carbons (Fsp3) is 0.929. The highest BCUT2D eigenvalue weighted by molar-refractivity contribution is 5.82. The lowest BCUT2D eigenvalue weighted by Gasteiger charge is -2.28. The van der Waals surface area contributed by atoms with Crippen molar-refractivity contribution in [2.75, 3.05) is 6.54 Å². The highest BCUT2D eigenvalue weighted by Gasteiger charge is 2.30. The fourth-order valence-electron chi connectivity index (χ4n) is 3.36. The Balaban J connectivity index is 1.81. The molecule has 98 valence electrons. The summed E-state index contributed by atoms with van der Waals surface area (Å²) in [5, 5.41) is 0. The summed E-state index contributed by atoms with van der Waals surface area (Å²) < 4.78 is 0. The minimum absolute atomic E-state index is 0.195. The van der Waals surface area contributed by atoms with Gasteiger partial charge >= 0.3 is 0 Å². The Morgan fingerprint density at radius 2 is 1.94 bits per heavy atom. The summed E-state index contributed by atoms with van der Waals surface area (Å²) >= 11 is 0. The molecule has 1 aliphatic carbocycles. The molecule has 1 saturated heterocycles. The van der Waals surface area contributed by atoms with E-state index in [9.17, 15) is 4.79 Å². The van der Waals surface area contributed by atoms with E-state index in [-0.39, 0.29) is 11.9 Å². The lowest BCUT2D eigenvalue weighted by molar-refractivity contribution is -0.133. The first-order valence-electron chi connectivity index (χ1n) is 7.24. The third-order valence-electron chi connectivity index (χ3n) is 4.47. The highest BCUT2D eigenvalue weighted by Crippen LogP contribution is 2.28. The van der Waals surface area contributed by atoms with Gasteiger partial charge in [-0.1, -0.05) is 32.1 Å². The molecule has 2 N–H and O–H groups in total. The van der Waals surface area contributed by atoms with E-state index in [1.165, 1.54) is 32.1 Å². The van der Waals surface area contributed by atoms with Gasteiger partial charge in [-0.2, -0.15) is 0 Å². The van der Waals surface area contributed by atoms with Gasteiger partial charge in [0, 0.05) is 12.6 Å². The average molecular weight is 238 g/mol. The molecule has 0 unspecified atom stereocenters. The lowest BCUT2D eigenvalue weighted by Crippen LogP contribution is -2.46. The van der Waals surface area contributed by atoms with Crippen LogP contribution in [0.15, 0.2) is 0 Å². The van der Waals surface area contributed by atoms with Crippen molar-refractivity contribution in [3.8, 4) is 0 Å². The average Bonchev–Trinajstić information content (AvgIpc) is 2.76. The molecule has 17 heavy (non-hydrogen) atoms. The molecule has 3 nitrogen and oxygen atoms in total. The molecule has 1 aliphatic heterocycles. The van der Waals surface area contributed by atoms with Crippen LogP contribution in [0.4, 0.5) is 0 Å². The zero-order valence-electron chi connectivity index (χ0n) is 11.0. The van der Waals surface area contributed by atoms with Crippen molar-refractivity contribution < 1.29 is 4.79 Å². The second kappa shape index (κ2) is 5.85. The van der Waals surface area contributed by atoms with E-state index >= 15 is 0 Å². The normalized spacial score (nSPS) is 28.4. The van der Waals surface area contributed by atoms with E-state index in [1.54, 1.807) is 0 Å². The molecule has 0 aromatic carbocycles. The number of hydrogen-bond acceptors (Lipinski definition) is 2. The number of likely N-dealkylation sites (tertiary alicyclic amines) is 1. The van der Waals surface area contributed by atoms with E-state index < -0.39 is 0 Å². The Morgan fingerprint density at radius 1 is 1.24 bits per heavy atom. The van der Waals surface area contributed by atoms with Crippen LogP contribution in [0, 0.1) is 5.92 Å². The fourth-order valence-corrected chi connectivity index (χ4v) is 3.36. The number of hydrogen-bond donors (Lipinski definition) is 1. The number of amides is 1. The Bertz CT molecular complexity index is 261. The van der Waals surface area contributed by atoms with Crippen molar-refractivity contribution >= 4 is 5.91 Å². The van der Waals surface area contributed by atoms with E-state index in [1.807, 2.05) is 4.90 Å². The number of carbonyl (C=O) groups is 1. The summed E-state index contributed by atoms with van der Waals surface area (Å²) in [6.07, 6.45) is 9.75. The summed E-state index contributed by atoms with van der Waals surface area (Å²) in [6.45, 7) is 3.05. The molecule has 1 amide bonds. The third kappa shape index (κ3) is 3.21. The van der Waals surface area contributed by atoms with Crippen LogP contribution < -0.4 is 5.73 Å². The van der Waals surface area contributed by atoms with Gasteiger partial charge in [-0.05, 0) is 32.1 Å². The zero-order chi connectivity index (χ0) is 12.3. The largest absolute Gasteiger partial charge is 0.339 e. The van der Waals surface area contributed by atoms with E-state index in [0.717, 1.165) is 25.8 Å². The minimum atomic E-state index is -0.251. The lowest BCUT2D eigenvalue weighted by atomic mass is 9.85. The van der Waals surface area contributed by atoms with Gasteiger partial charge in [0.25, 0.3) is 0 Å². The number of carbonyl (C=O) groups excluding carboxylic acids is 1. The Morgan fingerprint density at radius 3 is 2.53 bits per heavy atom. The van der Waals surface area contributed by atoms with Crippen molar-refractivity contribution in [3.63, 3.8) is 0 Å². The van der Waals surface area contributed by atoms with Crippen LogP contribution in [0.5, 0.6) is 0 Å². The first-order chi connectivity index (χ1) is 8.18. The minimum Gasteiger partial charge on any atom is -0.339 e. The van der Waals surface area contributed by atoms with Crippen LogP contribution in [-0.2, 0) is 4.79 Å². The second-order valence-electron chi connectivity index (χ2n) is 5.87. The maximum absolute atomic E-state index is 12.2. The molecule has 2 atom stereocenters. The molecule has 0 aromatic heterocycles. The van der Waals surface area contributed by atoms with Gasteiger partial charge in [0.15, 0.2) is 0 Å². The molecule has 0 spiro atoms. The van der Waals surface area contributed by atoms with Gasteiger partial charge in [-0.3, -0.25) is 4.79 Å². The molecular weight excluding hydrogens is 212 g/mol. The molecule has 1 heterocycles. The third-order valence-corrected chi connectivity index (χ3v) is 4.47. The number of rotatable bonds is 3. The van der Waals surface area contributed by atoms with Crippen molar-refractivity contribution in [2.45, 2.75) is 70.4 Å². The molecule has 0 radical (unpaired) electrons. The summed E-state index contributed by atoms with van der Waals surface area (Å²) in [7, 11) is 0. The van der Waals surface area contributed by atoms with Crippen LogP contribution in [0.2, 0.25) is 0 Å². The summed E-state index contributed by atoms with van der Waals surface area (Å²) in [5.74, 6) is 0.890. The van der Waals surface area contributed by atoms with Crippen molar-refractivity contribution in [3.05, 3.63) is 0 Å². The van der Waals surface area contributed by atoms with Gasteiger partial charge in [0.1, 0.15) is 0 Å². The SMILES string of the molecule is C[C@@H]1CCCN1C(=O)[C@@H](N)CC1CCCCC1.